The molecule has 1 saturated heterocycles. The van der Waals surface area contributed by atoms with Crippen LogP contribution in [0.25, 0.3) is 0 Å². The second-order valence-corrected chi connectivity index (χ2v) is 5.39. The Morgan fingerprint density at radius 2 is 2.00 bits per heavy atom. The topological polar surface area (TPSA) is 75.4 Å². The molecule has 1 N–H and O–H groups in total. The van der Waals surface area contributed by atoms with Crippen molar-refractivity contribution in [2.45, 2.75) is 39.7 Å². The van der Waals surface area contributed by atoms with Gasteiger partial charge in [-0.2, -0.15) is 5.10 Å². The van der Waals surface area contributed by atoms with Crippen molar-refractivity contribution < 1.29 is 14.7 Å². The molecular weight excluding hydrogens is 258 g/mol. The van der Waals surface area contributed by atoms with Gasteiger partial charge in [0, 0.05) is 31.7 Å². The van der Waals surface area contributed by atoms with E-state index in [-0.39, 0.29) is 11.8 Å². The van der Waals surface area contributed by atoms with Crippen LogP contribution in [-0.4, -0.2) is 44.8 Å². The number of aromatic nitrogens is 2. The predicted octanol–water partition coefficient (Wildman–Crippen LogP) is 1.21. The maximum atomic E-state index is 12.1. The Labute approximate surface area is 118 Å². The summed E-state index contributed by atoms with van der Waals surface area (Å²) < 4.78 is 1.84. The van der Waals surface area contributed by atoms with E-state index in [0.717, 1.165) is 11.4 Å². The highest BCUT2D eigenvalue weighted by atomic mass is 16.4. The van der Waals surface area contributed by atoms with Crippen LogP contribution in [0.1, 0.15) is 30.7 Å². The van der Waals surface area contributed by atoms with Crippen LogP contribution in [0.5, 0.6) is 0 Å². The number of aliphatic carboxylic acids is 1. The predicted molar refractivity (Wildman–Crippen MR) is 73.3 cm³/mol. The van der Waals surface area contributed by atoms with Crippen molar-refractivity contribution in [1.29, 1.82) is 0 Å². The molecule has 0 spiro atoms. The molecule has 0 aliphatic carbocycles. The van der Waals surface area contributed by atoms with Gasteiger partial charge in [0.2, 0.25) is 5.91 Å². The average molecular weight is 279 g/mol. The van der Waals surface area contributed by atoms with E-state index in [2.05, 4.69) is 5.10 Å². The Balaban J connectivity index is 1.81. The monoisotopic (exact) mass is 279 g/mol. The molecule has 2 heterocycles. The number of piperidine rings is 1. The standard InChI is InChI=1S/C14H21N3O3/c1-10-9-11(2)17(15-10)8-5-13(18)16-6-3-12(4-7-16)14(19)20/h9,12H,3-8H2,1-2H3,(H,19,20). The number of likely N-dealkylation sites (tertiary alicyclic amines) is 1. The molecule has 1 fully saturated rings. The minimum atomic E-state index is -0.750. The minimum absolute atomic E-state index is 0.0846. The molecule has 6 nitrogen and oxygen atoms in total. The Bertz CT molecular complexity index is 502. The molecule has 1 aromatic heterocycles. The zero-order chi connectivity index (χ0) is 14.7. The van der Waals surface area contributed by atoms with Gasteiger partial charge < -0.3 is 10.0 Å². The lowest BCUT2D eigenvalue weighted by molar-refractivity contribution is -0.145. The highest BCUT2D eigenvalue weighted by molar-refractivity contribution is 5.77. The normalized spacial score (nSPS) is 16.4. The molecular formula is C14H21N3O3. The number of carboxylic acid groups (broad SMARTS) is 1. The van der Waals surface area contributed by atoms with Crippen LogP contribution in [0.3, 0.4) is 0 Å². The lowest BCUT2D eigenvalue weighted by Crippen LogP contribution is -2.40. The van der Waals surface area contributed by atoms with Gasteiger partial charge in [0.25, 0.3) is 0 Å². The first-order valence-corrected chi connectivity index (χ1v) is 6.99. The number of amides is 1. The van der Waals surface area contributed by atoms with Gasteiger partial charge in [-0.15, -0.1) is 0 Å². The zero-order valence-corrected chi connectivity index (χ0v) is 12.0. The van der Waals surface area contributed by atoms with E-state index in [1.807, 2.05) is 24.6 Å². The number of hydrogen-bond acceptors (Lipinski definition) is 3. The van der Waals surface area contributed by atoms with E-state index in [1.165, 1.54) is 0 Å². The Hall–Kier alpha value is -1.85. The minimum Gasteiger partial charge on any atom is -0.481 e. The summed E-state index contributed by atoms with van der Waals surface area (Å²) in [5.41, 5.74) is 2.01. The SMILES string of the molecule is Cc1cc(C)n(CCC(=O)N2CCC(C(=O)O)CC2)n1. The van der Waals surface area contributed by atoms with Gasteiger partial charge in [-0.3, -0.25) is 14.3 Å². The Kier molecular flexibility index (Phi) is 4.42. The summed E-state index contributed by atoms with van der Waals surface area (Å²) in [5, 5.41) is 13.3. The lowest BCUT2D eigenvalue weighted by Gasteiger charge is -2.30. The summed E-state index contributed by atoms with van der Waals surface area (Å²) in [7, 11) is 0. The van der Waals surface area contributed by atoms with Crippen molar-refractivity contribution in [2.75, 3.05) is 13.1 Å². The molecule has 0 saturated carbocycles. The van der Waals surface area contributed by atoms with Gasteiger partial charge in [-0.1, -0.05) is 0 Å². The molecule has 0 unspecified atom stereocenters. The number of carbonyl (C=O) groups excluding carboxylic acids is 1. The Morgan fingerprint density at radius 1 is 1.35 bits per heavy atom. The van der Waals surface area contributed by atoms with Crippen molar-refractivity contribution in [2.24, 2.45) is 5.92 Å². The average Bonchev–Trinajstić information content (AvgIpc) is 2.74. The van der Waals surface area contributed by atoms with Crippen molar-refractivity contribution in [1.82, 2.24) is 14.7 Å². The van der Waals surface area contributed by atoms with Crippen LogP contribution < -0.4 is 0 Å². The van der Waals surface area contributed by atoms with Crippen LogP contribution in [0.2, 0.25) is 0 Å². The molecule has 0 bridgehead atoms. The van der Waals surface area contributed by atoms with Gasteiger partial charge >= 0.3 is 5.97 Å². The van der Waals surface area contributed by atoms with Crippen molar-refractivity contribution in [3.8, 4) is 0 Å². The second kappa shape index (κ2) is 6.07. The molecule has 1 aliphatic heterocycles. The number of nitrogens with zero attached hydrogens (tertiary/aromatic N) is 3. The van der Waals surface area contributed by atoms with Gasteiger partial charge in [0.1, 0.15) is 0 Å². The fourth-order valence-electron chi connectivity index (χ4n) is 2.64. The van der Waals surface area contributed by atoms with E-state index in [0.29, 0.717) is 38.9 Å². The van der Waals surface area contributed by atoms with Crippen molar-refractivity contribution in [3.63, 3.8) is 0 Å². The summed E-state index contributed by atoms with van der Waals surface area (Å²) in [5.74, 6) is -0.962. The maximum absolute atomic E-state index is 12.1. The van der Waals surface area contributed by atoms with Crippen LogP contribution >= 0.6 is 0 Å². The molecule has 0 radical (unpaired) electrons. The quantitative estimate of drug-likeness (QED) is 0.899. The number of rotatable bonds is 4. The molecule has 0 aromatic carbocycles. The number of aryl methyl sites for hydroxylation is 3. The molecule has 2 rings (SSSR count). The van der Waals surface area contributed by atoms with Crippen LogP contribution in [0.15, 0.2) is 6.07 Å². The molecule has 0 atom stereocenters. The van der Waals surface area contributed by atoms with Gasteiger partial charge in [-0.05, 0) is 32.8 Å². The second-order valence-electron chi connectivity index (χ2n) is 5.39. The first-order chi connectivity index (χ1) is 9.47. The summed E-state index contributed by atoms with van der Waals surface area (Å²) in [4.78, 5) is 24.7. The Morgan fingerprint density at radius 3 is 2.50 bits per heavy atom. The highest BCUT2D eigenvalue weighted by Crippen LogP contribution is 2.18. The first-order valence-electron chi connectivity index (χ1n) is 6.99. The molecule has 20 heavy (non-hydrogen) atoms. The first kappa shape index (κ1) is 14.6. The summed E-state index contributed by atoms with van der Waals surface area (Å²) in [6, 6.07) is 1.99. The molecule has 1 amide bonds. The van der Waals surface area contributed by atoms with E-state index in [4.69, 9.17) is 5.11 Å². The van der Waals surface area contributed by atoms with Gasteiger partial charge in [-0.25, -0.2) is 0 Å². The number of carbonyl (C=O) groups is 2. The van der Waals surface area contributed by atoms with Crippen LogP contribution in [0, 0.1) is 19.8 Å². The van der Waals surface area contributed by atoms with Crippen LogP contribution in [-0.2, 0) is 16.1 Å². The van der Waals surface area contributed by atoms with E-state index >= 15 is 0 Å². The lowest BCUT2D eigenvalue weighted by atomic mass is 9.97. The summed E-state index contributed by atoms with van der Waals surface area (Å²) in [6.45, 7) is 5.59. The fourth-order valence-corrected chi connectivity index (χ4v) is 2.64. The van der Waals surface area contributed by atoms with Gasteiger partial charge in [0.05, 0.1) is 11.6 Å². The van der Waals surface area contributed by atoms with E-state index in [1.54, 1.807) is 4.90 Å². The fraction of sp³-hybridized carbons (Fsp3) is 0.643. The highest BCUT2D eigenvalue weighted by Gasteiger charge is 2.26. The molecule has 1 aromatic rings. The van der Waals surface area contributed by atoms with Crippen molar-refractivity contribution in [3.05, 3.63) is 17.5 Å². The zero-order valence-electron chi connectivity index (χ0n) is 12.0. The third kappa shape index (κ3) is 3.37. The van der Waals surface area contributed by atoms with E-state index in [9.17, 15) is 9.59 Å². The summed E-state index contributed by atoms with van der Waals surface area (Å²) in [6.07, 6.45) is 1.53. The third-order valence-electron chi connectivity index (χ3n) is 3.84. The van der Waals surface area contributed by atoms with Gasteiger partial charge in [0.15, 0.2) is 0 Å². The van der Waals surface area contributed by atoms with Crippen molar-refractivity contribution >= 4 is 11.9 Å². The molecule has 110 valence electrons. The number of hydrogen-bond donors (Lipinski definition) is 1. The maximum Gasteiger partial charge on any atom is 0.306 e. The summed E-state index contributed by atoms with van der Waals surface area (Å²) >= 11 is 0. The smallest absolute Gasteiger partial charge is 0.306 e. The molecule has 1 aliphatic rings. The third-order valence-corrected chi connectivity index (χ3v) is 3.84. The largest absolute Gasteiger partial charge is 0.481 e. The van der Waals surface area contributed by atoms with Crippen LogP contribution in [0.4, 0.5) is 0 Å². The van der Waals surface area contributed by atoms with E-state index < -0.39 is 5.97 Å². The number of carboxylic acids is 1. The molecule has 6 heteroatoms.